The number of nitrogens with one attached hydrogen (secondary N) is 1. The van der Waals surface area contributed by atoms with Crippen LogP contribution in [0.3, 0.4) is 0 Å². The van der Waals surface area contributed by atoms with Crippen molar-refractivity contribution in [1.82, 2.24) is 10.2 Å². The van der Waals surface area contributed by atoms with Crippen molar-refractivity contribution in [3.8, 4) is 11.1 Å². The summed E-state index contributed by atoms with van der Waals surface area (Å²) in [6.45, 7) is 8.52. The van der Waals surface area contributed by atoms with Gasteiger partial charge in [-0.2, -0.15) is 13.2 Å². The van der Waals surface area contributed by atoms with Gasteiger partial charge in [-0.15, -0.1) is 0 Å². The second kappa shape index (κ2) is 10.2. The molecular weight excluding hydrogens is 509 g/mol. The summed E-state index contributed by atoms with van der Waals surface area (Å²) >= 11 is 0. The van der Waals surface area contributed by atoms with Crippen LogP contribution in [0.25, 0.3) is 11.1 Å². The Hall–Kier alpha value is -4.14. The van der Waals surface area contributed by atoms with Crippen LogP contribution in [0.5, 0.6) is 0 Å². The third kappa shape index (κ3) is 5.82. The number of rotatable bonds is 5. The van der Waals surface area contributed by atoms with E-state index in [1.807, 2.05) is 0 Å². The second-order valence-corrected chi connectivity index (χ2v) is 10.5. The summed E-state index contributed by atoms with van der Waals surface area (Å²) in [7, 11) is 0. The molecule has 0 radical (unpaired) electrons. The van der Waals surface area contributed by atoms with Gasteiger partial charge in [-0.05, 0) is 81.1 Å². The Kier molecular flexibility index (Phi) is 7.29. The van der Waals surface area contributed by atoms with Crippen LogP contribution in [-0.2, 0) is 10.9 Å². The molecule has 0 unspecified atom stereocenters. The molecular formula is C30H29F3N2O4. The largest absolute Gasteiger partial charge is 0.444 e. The van der Waals surface area contributed by atoms with Crippen molar-refractivity contribution >= 4 is 17.9 Å². The molecule has 0 spiro atoms. The fourth-order valence-electron chi connectivity index (χ4n) is 4.57. The Balaban J connectivity index is 1.65. The molecule has 0 saturated heterocycles. The smallest absolute Gasteiger partial charge is 0.416 e. The number of carbonyl (C=O) groups excluding carboxylic acids is 3. The SMILES string of the molecule is C[C@H](NC(=O)OC(C)(C)C)c1ccc(C(F)(F)F)cc1-c1ccc([C@@H](C)N2C(=O)c3ccccc3C2=O)cc1. The predicted molar refractivity (Wildman–Crippen MR) is 140 cm³/mol. The summed E-state index contributed by atoms with van der Waals surface area (Å²) in [5, 5.41) is 2.68. The summed E-state index contributed by atoms with van der Waals surface area (Å²) in [5.74, 6) is -0.788. The monoisotopic (exact) mass is 538 g/mol. The highest BCUT2D eigenvalue weighted by molar-refractivity contribution is 6.21. The molecule has 1 aliphatic heterocycles. The number of halogens is 3. The molecule has 2 atom stereocenters. The number of hydrogen-bond donors (Lipinski definition) is 1. The number of amides is 3. The van der Waals surface area contributed by atoms with Gasteiger partial charge in [0.15, 0.2) is 0 Å². The van der Waals surface area contributed by atoms with Gasteiger partial charge in [0.2, 0.25) is 0 Å². The number of ether oxygens (including phenoxy) is 1. The molecule has 3 aromatic carbocycles. The number of fused-ring (bicyclic) bond motifs is 1. The van der Waals surface area contributed by atoms with Crippen LogP contribution in [0.15, 0.2) is 66.7 Å². The van der Waals surface area contributed by atoms with Crippen molar-refractivity contribution < 1.29 is 32.3 Å². The van der Waals surface area contributed by atoms with Gasteiger partial charge in [0, 0.05) is 0 Å². The molecule has 204 valence electrons. The minimum Gasteiger partial charge on any atom is -0.444 e. The molecule has 1 N–H and O–H groups in total. The number of hydrogen-bond acceptors (Lipinski definition) is 4. The van der Waals surface area contributed by atoms with Gasteiger partial charge >= 0.3 is 12.3 Å². The lowest BCUT2D eigenvalue weighted by atomic mass is 9.92. The van der Waals surface area contributed by atoms with E-state index in [0.29, 0.717) is 27.8 Å². The van der Waals surface area contributed by atoms with Gasteiger partial charge < -0.3 is 10.1 Å². The molecule has 0 bridgehead atoms. The van der Waals surface area contributed by atoms with Gasteiger partial charge in [-0.3, -0.25) is 14.5 Å². The molecule has 0 aliphatic carbocycles. The summed E-state index contributed by atoms with van der Waals surface area (Å²) in [6, 6.07) is 15.3. The van der Waals surface area contributed by atoms with Crippen LogP contribution in [0.2, 0.25) is 0 Å². The van der Waals surface area contributed by atoms with Crippen LogP contribution < -0.4 is 5.32 Å². The fraction of sp³-hybridized carbons (Fsp3) is 0.300. The van der Waals surface area contributed by atoms with E-state index >= 15 is 0 Å². The molecule has 0 saturated carbocycles. The van der Waals surface area contributed by atoms with E-state index in [1.54, 1.807) is 83.1 Å². The maximum absolute atomic E-state index is 13.6. The van der Waals surface area contributed by atoms with E-state index in [0.717, 1.165) is 12.1 Å². The lowest BCUT2D eigenvalue weighted by Crippen LogP contribution is -2.34. The van der Waals surface area contributed by atoms with Crippen molar-refractivity contribution in [2.45, 2.75) is 58.5 Å². The predicted octanol–water partition coefficient (Wildman–Crippen LogP) is 7.32. The van der Waals surface area contributed by atoms with Crippen molar-refractivity contribution in [2.24, 2.45) is 0 Å². The Labute approximate surface area is 224 Å². The van der Waals surface area contributed by atoms with Gasteiger partial charge in [-0.25, -0.2) is 4.79 Å². The zero-order valence-electron chi connectivity index (χ0n) is 22.2. The van der Waals surface area contributed by atoms with Crippen LogP contribution in [-0.4, -0.2) is 28.4 Å². The molecule has 3 amide bonds. The van der Waals surface area contributed by atoms with E-state index in [1.165, 1.54) is 11.0 Å². The van der Waals surface area contributed by atoms with Crippen LogP contribution >= 0.6 is 0 Å². The number of carbonyl (C=O) groups is 3. The maximum Gasteiger partial charge on any atom is 0.416 e. The molecule has 9 heteroatoms. The molecule has 1 heterocycles. The maximum atomic E-state index is 13.6. The van der Waals surface area contributed by atoms with E-state index in [-0.39, 0.29) is 5.56 Å². The first-order chi connectivity index (χ1) is 18.2. The quantitative estimate of drug-likeness (QED) is 0.346. The minimum absolute atomic E-state index is 0.285. The van der Waals surface area contributed by atoms with Crippen LogP contribution in [0, 0.1) is 0 Å². The fourth-order valence-corrected chi connectivity index (χ4v) is 4.57. The number of nitrogens with zero attached hydrogens (tertiary/aromatic N) is 1. The van der Waals surface area contributed by atoms with Gasteiger partial charge in [0.25, 0.3) is 11.8 Å². The second-order valence-electron chi connectivity index (χ2n) is 10.5. The first kappa shape index (κ1) is 27.9. The van der Waals surface area contributed by atoms with Crippen molar-refractivity contribution in [1.29, 1.82) is 0 Å². The van der Waals surface area contributed by atoms with E-state index < -0.39 is 47.3 Å². The number of imide groups is 1. The van der Waals surface area contributed by atoms with Gasteiger partial charge in [-0.1, -0.05) is 42.5 Å². The molecule has 39 heavy (non-hydrogen) atoms. The molecule has 1 aliphatic rings. The first-order valence-corrected chi connectivity index (χ1v) is 12.5. The lowest BCUT2D eigenvalue weighted by Gasteiger charge is -2.24. The normalized spacial score (nSPS) is 15.1. The van der Waals surface area contributed by atoms with Crippen molar-refractivity contribution in [3.63, 3.8) is 0 Å². The zero-order valence-corrected chi connectivity index (χ0v) is 22.2. The van der Waals surface area contributed by atoms with Crippen molar-refractivity contribution in [3.05, 3.63) is 94.5 Å². The van der Waals surface area contributed by atoms with E-state index in [2.05, 4.69) is 5.32 Å². The topological polar surface area (TPSA) is 75.7 Å². The number of benzene rings is 3. The zero-order chi connectivity index (χ0) is 28.7. The average molecular weight is 539 g/mol. The van der Waals surface area contributed by atoms with Gasteiger partial charge in [0.05, 0.1) is 28.8 Å². The number of alkyl halides is 3. The lowest BCUT2D eigenvalue weighted by molar-refractivity contribution is -0.137. The Morgan fingerprint density at radius 3 is 1.92 bits per heavy atom. The van der Waals surface area contributed by atoms with Gasteiger partial charge in [0.1, 0.15) is 5.60 Å². The first-order valence-electron chi connectivity index (χ1n) is 12.5. The minimum atomic E-state index is -4.56. The highest BCUT2D eigenvalue weighted by Gasteiger charge is 2.38. The van der Waals surface area contributed by atoms with Crippen molar-refractivity contribution in [2.75, 3.05) is 0 Å². The molecule has 0 fully saturated rings. The highest BCUT2D eigenvalue weighted by Crippen LogP contribution is 2.37. The molecule has 4 rings (SSSR count). The summed E-state index contributed by atoms with van der Waals surface area (Å²) in [6.07, 6.45) is -5.25. The standard InChI is InChI=1S/C30H29F3N2O4/c1-17(34-28(38)39-29(3,4)5)22-15-14-21(30(31,32)33)16-25(22)20-12-10-19(11-13-20)18(2)35-26(36)23-8-6-7-9-24(23)27(35)37/h6-18H,1-5H3,(H,34,38)/t17-,18+/m0/s1. The third-order valence-corrected chi connectivity index (χ3v) is 6.50. The Morgan fingerprint density at radius 2 is 1.41 bits per heavy atom. The number of alkyl carbamates (subject to hydrolysis) is 1. The van der Waals surface area contributed by atoms with Crippen LogP contribution in [0.1, 0.15) is 84.1 Å². The highest BCUT2D eigenvalue weighted by atomic mass is 19.4. The Morgan fingerprint density at radius 1 is 0.846 bits per heavy atom. The summed E-state index contributed by atoms with van der Waals surface area (Å²) < 4.78 is 46.0. The summed E-state index contributed by atoms with van der Waals surface area (Å²) in [5.41, 5.74) is 0.988. The van der Waals surface area contributed by atoms with Crippen LogP contribution in [0.4, 0.5) is 18.0 Å². The molecule has 0 aromatic heterocycles. The Bertz CT molecular complexity index is 1390. The third-order valence-electron chi connectivity index (χ3n) is 6.50. The average Bonchev–Trinajstić information content (AvgIpc) is 3.11. The molecule has 6 nitrogen and oxygen atoms in total. The molecule has 3 aromatic rings. The summed E-state index contributed by atoms with van der Waals surface area (Å²) in [4.78, 5) is 39.3. The van der Waals surface area contributed by atoms with E-state index in [9.17, 15) is 27.6 Å². The van der Waals surface area contributed by atoms with E-state index in [4.69, 9.17) is 4.74 Å².